The first-order valence-electron chi connectivity index (χ1n) is 12.0. The van der Waals surface area contributed by atoms with Gasteiger partial charge in [-0.05, 0) is 61.8 Å². The van der Waals surface area contributed by atoms with E-state index < -0.39 is 11.6 Å². The van der Waals surface area contributed by atoms with E-state index in [-0.39, 0.29) is 24.4 Å². The topological polar surface area (TPSA) is 132 Å². The Morgan fingerprint density at radius 3 is 2.53 bits per heavy atom. The minimum atomic E-state index is -0.702. The van der Waals surface area contributed by atoms with Crippen molar-refractivity contribution in [2.45, 2.75) is 82.9 Å². The molecule has 9 heteroatoms. The number of urea groups is 1. The second-order valence-corrected chi connectivity index (χ2v) is 10.1. The van der Waals surface area contributed by atoms with Crippen molar-refractivity contribution in [1.29, 1.82) is 0 Å². The number of rotatable bonds is 10. The molecule has 1 aliphatic carbocycles. The molecule has 4 rings (SSSR count). The van der Waals surface area contributed by atoms with Crippen LogP contribution in [-0.4, -0.2) is 29.9 Å². The van der Waals surface area contributed by atoms with Gasteiger partial charge in [0.1, 0.15) is 29.0 Å². The number of epoxide rings is 1. The Hall–Kier alpha value is -2.46. The van der Waals surface area contributed by atoms with Crippen LogP contribution < -0.4 is 22.1 Å². The van der Waals surface area contributed by atoms with Crippen LogP contribution in [0.15, 0.2) is 30.3 Å². The molecule has 2 aromatic rings. The molecule has 8 nitrogen and oxygen atoms in total. The number of esters is 1. The number of hydrogen-bond donors (Lipinski definition) is 4. The van der Waals surface area contributed by atoms with Crippen LogP contribution in [0.2, 0.25) is 0 Å². The first-order chi connectivity index (χ1) is 16.3. The van der Waals surface area contributed by atoms with Gasteiger partial charge in [-0.2, -0.15) is 0 Å². The molecule has 0 radical (unpaired) electrons. The van der Waals surface area contributed by atoms with E-state index in [9.17, 15) is 9.59 Å². The summed E-state index contributed by atoms with van der Waals surface area (Å²) >= 11 is 1.43. The van der Waals surface area contributed by atoms with E-state index >= 15 is 0 Å². The molecule has 184 valence electrons. The Kier molecular flexibility index (Phi) is 7.57. The number of nitrogens with one attached hydrogen (secondary N) is 2. The Bertz CT molecular complexity index is 1030. The standard InChI is InChI=1S/C25H34N4O4S/c1-3-25(4-2,23(30)32-17-10-5-6-11-17)28-14-15-8-7-9-16(12-15)19-13-18(20-21(26)33-20)22(34-19)29-24(27)31/h7-9,12-13,17,20-21,28H,3-6,10-11,14,26H2,1-2H3,(H3,27,29,31). The number of anilines is 1. The first-order valence-corrected chi connectivity index (χ1v) is 12.8. The van der Waals surface area contributed by atoms with Crippen molar-refractivity contribution in [3.05, 3.63) is 41.5 Å². The first kappa shape index (κ1) is 24.7. The van der Waals surface area contributed by atoms with E-state index in [0.717, 1.165) is 47.3 Å². The molecule has 2 fully saturated rings. The fourth-order valence-corrected chi connectivity index (χ4v) is 5.67. The van der Waals surface area contributed by atoms with Crippen molar-refractivity contribution < 1.29 is 19.1 Å². The second kappa shape index (κ2) is 10.4. The van der Waals surface area contributed by atoms with Gasteiger partial charge in [0.2, 0.25) is 0 Å². The number of hydrogen-bond acceptors (Lipinski definition) is 7. The van der Waals surface area contributed by atoms with Crippen LogP contribution >= 0.6 is 11.3 Å². The lowest BCUT2D eigenvalue weighted by atomic mass is 9.92. The Balaban J connectivity index is 1.49. The van der Waals surface area contributed by atoms with Gasteiger partial charge in [0.25, 0.3) is 0 Å². The minimum Gasteiger partial charge on any atom is -0.461 e. The molecule has 0 bridgehead atoms. The number of benzene rings is 1. The van der Waals surface area contributed by atoms with Gasteiger partial charge in [-0.3, -0.25) is 15.4 Å². The highest BCUT2D eigenvalue weighted by atomic mass is 32.1. The molecular formula is C25H34N4O4S. The van der Waals surface area contributed by atoms with Crippen LogP contribution in [0.1, 0.15) is 69.6 Å². The van der Waals surface area contributed by atoms with Crippen molar-refractivity contribution in [3.63, 3.8) is 0 Å². The molecule has 1 aromatic heterocycles. The number of primary amides is 1. The lowest BCUT2D eigenvalue weighted by Crippen LogP contribution is -2.52. The Morgan fingerprint density at radius 2 is 1.91 bits per heavy atom. The predicted octanol–water partition coefficient (Wildman–Crippen LogP) is 4.40. The van der Waals surface area contributed by atoms with Crippen molar-refractivity contribution >= 4 is 28.3 Å². The lowest BCUT2D eigenvalue weighted by molar-refractivity contribution is -0.157. The summed E-state index contributed by atoms with van der Waals surface area (Å²) in [5.74, 6) is -0.147. The van der Waals surface area contributed by atoms with Gasteiger partial charge in [0.05, 0.1) is 0 Å². The summed E-state index contributed by atoms with van der Waals surface area (Å²) in [5.41, 5.74) is 13.4. The number of carbonyl (C=O) groups excluding carboxylic acids is 2. The fraction of sp³-hybridized carbons (Fsp3) is 0.520. The zero-order valence-corrected chi connectivity index (χ0v) is 20.6. The molecule has 0 spiro atoms. The van der Waals surface area contributed by atoms with Gasteiger partial charge < -0.3 is 20.9 Å². The van der Waals surface area contributed by atoms with Crippen LogP contribution in [0.5, 0.6) is 0 Å². The average molecular weight is 487 g/mol. The van der Waals surface area contributed by atoms with E-state index in [1.165, 1.54) is 11.3 Å². The van der Waals surface area contributed by atoms with Crippen LogP contribution in [0.25, 0.3) is 10.4 Å². The zero-order chi connectivity index (χ0) is 24.3. The maximum Gasteiger partial charge on any atom is 0.326 e. The third kappa shape index (κ3) is 5.43. The van der Waals surface area contributed by atoms with Gasteiger partial charge in [-0.1, -0.05) is 32.0 Å². The number of thiophene rings is 1. The van der Waals surface area contributed by atoms with Crippen LogP contribution in [0, 0.1) is 0 Å². The minimum absolute atomic E-state index is 0.0508. The second-order valence-electron chi connectivity index (χ2n) is 9.06. The molecule has 1 saturated heterocycles. The van der Waals surface area contributed by atoms with Gasteiger partial charge in [0.15, 0.2) is 0 Å². The van der Waals surface area contributed by atoms with E-state index in [2.05, 4.69) is 16.7 Å². The van der Waals surface area contributed by atoms with Crippen molar-refractivity contribution in [2.75, 3.05) is 5.32 Å². The maximum absolute atomic E-state index is 13.1. The van der Waals surface area contributed by atoms with Gasteiger partial charge >= 0.3 is 12.0 Å². The summed E-state index contributed by atoms with van der Waals surface area (Å²) < 4.78 is 11.3. The van der Waals surface area contributed by atoms with E-state index in [1.807, 2.05) is 38.1 Å². The highest BCUT2D eigenvalue weighted by Crippen LogP contribution is 2.46. The molecule has 1 aromatic carbocycles. The number of nitrogens with two attached hydrogens (primary N) is 2. The summed E-state index contributed by atoms with van der Waals surface area (Å²) in [7, 11) is 0. The molecule has 2 unspecified atom stereocenters. The predicted molar refractivity (Wildman–Crippen MR) is 133 cm³/mol. The highest BCUT2D eigenvalue weighted by molar-refractivity contribution is 7.19. The van der Waals surface area contributed by atoms with Crippen LogP contribution in [0.3, 0.4) is 0 Å². The molecular weight excluding hydrogens is 452 g/mol. The molecule has 1 aliphatic heterocycles. The molecule has 34 heavy (non-hydrogen) atoms. The third-order valence-electron chi connectivity index (χ3n) is 6.85. The number of carbonyl (C=O) groups is 2. The van der Waals surface area contributed by atoms with Crippen molar-refractivity contribution in [2.24, 2.45) is 11.5 Å². The summed E-state index contributed by atoms with van der Waals surface area (Å²) in [6.45, 7) is 4.58. The monoisotopic (exact) mass is 486 g/mol. The SMILES string of the molecule is CCC(CC)(NCc1cccc(-c2cc(C3OC3N)c(NC(N)=O)s2)c1)C(=O)OC1CCCC1. The summed E-state index contributed by atoms with van der Waals surface area (Å²) in [6.07, 6.45) is 4.94. The number of ether oxygens (including phenoxy) is 2. The Morgan fingerprint density at radius 1 is 1.21 bits per heavy atom. The molecule has 1 saturated carbocycles. The maximum atomic E-state index is 13.1. The normalized spacial score (nSPS) is 20.3. The quantitative estimate of drug-likeness (QED) is 0.291. The molecule has 2 heterocycles. The van der Waals surface area contributed by atoms with Crippen LogP contribution in [-0.2, 0) is 20.8 Å². The molecule has 2 atom stereocenters. The van der Waals surface area contributed by atoms with Gasteiger partial charge in [0, 0.05) is 17.0 Å². The van der Waals surface area contributed by atoms with Crippen molar-refractivity contribution in [3.8, 4) is 10.4 Å². The molecule has 6 N–H and O–H groups in total. The van der Waals surface area contributed by atoms with E-state index in [0.29, 0.717) is 24.4 Å². The summed E-state index contributed by atoms with van der Waals surface area (Å²) in [4.78, 5) is 25.5. The van der Waals surface area contributed by atoms with E-state index in [1.54, 1.807) is 0 Å². The average Bonchev–Trinajstić information content (AvgIpc) is 3.17. The lowest BCUT2D eigenvalue weighted by Gasteiger charge is -2.32. The smallest absolute Gasteiger partial charge is 0.326 e. The van der Waals surface area contributed by atoms with Crippen LogP contribution in [0.4, 0.5) is 9.80 Å². The Labute approximate surface area is 204 Å². The highest BCUT2D eigenvalue weighted by Gasteiger charge is 2.40. The number of amides is 2. The molecule has 2 aliphatic rings. The van der Waals surface area contributed by atoms with E-state index in [4.69, 9.17) is 20.9 Å². The molecule has 2 amide bonds. The summed E-state index contributed by atoms with van der Waals surface area (Å²) in [5, 5.41) is 6.82. The van der Waals surface area contributed by atoms with Gasteiger partial charge in [-0.15, -0.1) is 11.3 Å². The van der Waals surface area contributed by atoms with Gasteiger partial charge in [-0.25, -0.2) is 4.79 Å². The largest absolute Gasteiger partial charge is 0.461 e. The third-order valence-corrected chi connectivity index (χ3v) is 7.96. The fourth-order valence-electron chi connectivity index (χ4n) is 4.58. The zero-order valence-electron chi connectivity index (χ0n) is 19.8. The van der Waals surface area contributed by atoms with Crippen molar-refractivity contribution in [1.82, 2.24) is 5.32 Å². The summed E-state index contributed by atoms with van der Waals surface area (Å²) in [6, 6.07) is 9.49.